The summed E-state index contributed by atoms with van der Waals surface area (Å²) in [5, 5.41) is 3.02. The fourth-order valence-electron chi connectivity index (χ4n) is 2.71. The molecular formula is C16H26N2O3. The van der Waals surface area contributed by atoms with Crippen LogP contribution in [-0.4, -0.2) is 42.1 Å². The molecule has 2 rings (SSSR count). The monoisotopic (exact) mass is 294 g/mol. The van der Waals surface area contributed by atoms with Crippen molar-refractivity contribution in [1.82, 2.24) is 10.2 Å². The predicted octanol–water partition coefficient (Wildman–Crippen LogP) is 2.33. The molecule has 0 aromatic carbocycles. The van der Waals surface area contributed by atoms with Crippen molar-refractivity contribution < 1.29 is 14.3 Å². The van der Waals surface area contributed by atoms with Crippen LogP contribution in [0.5, 0.6) is 0 Å². The van der Waals surface area contributed by atoms with Gasteiger partial charge in [-0.3, -0.25) is 4.79 Å². The van der Waals surface area contributed by atoms with Crippen LogP contribution in [0.3, 0.4) is 0 Å². The van der Waals surface area contributed by atoms with E-state index in [1.54, 1.807) is 4.90 Å². The molecule has 1 saturated heterocycles. The van der Waals surface area contributed by atoms with Crippen molar-refractivity contribution in [3.8, 4) is 0 Å². The Kier molecular flexibility index (Phi) is 4.91. The number of nitrogens with zero attached hydrogens (tertiary/aromatic N) is 1. The Hall–Kier alpha value is -1.52. The number of hydrogen-bond acceptors (Lipinski definition) is 3. The third-order valence-electron chi connectivity index (χ3n) is 3.88. The summed E-state index contributed by atoms with van der Waals surface area (Å²) in [6.45, 7) is 7.63. The number of allylic oxidation sites excluding steroid dienone is 2. The number of likely N-dealkylation sites (tertiary alicyclic amines) is 1. The number of hydrogen-bond donors (Lipinski definition) is 1. The fourth-order valence-corrected chi connectivity index (χ4v) is 2.71. The molecule has 5 nitrogen and oxygen atoms in total. The van der Waals surface area contributed by atoms with Gasteiger partial charge in [-0.2, -0.15) is 0 Å². The van der Waals surface area contributed by atoms with Gasteiger partial charge in [-0.05, 0) is 46.0 Å². The zero-order valence-corrected chi connectivity index (χ0v) is 13.2. The summed E-state index contributed by atoms with van der Waals surface area (Å²) < 4.78 is 5.37. The molecule has 1 aliphatic carbocycles. The van der Waals surface area contributed by atoms with Crippen LogP contribution in [-0.2, 0) is 9.53 Å². The topological polar surface area (TPSA) is 58.6 Å². The molecule has 0 radical (unpaired) electrons. The standard InChI is InChI=1S/C16H26N2O3/c1-16(2,3)21-15(20)18-9-8-12(11-18)10-17-14(19)13-6-4-5-7-13/h4-5,12-13H,6-11H2,1-3H3,(H,17,19)/t12-/m1/s1. The smallest absolute Gasteiger partial charge is 0.410 e. The average Bonchev–Trinajstić information content (AvgIpc) is 3.05. The van der Waals surface area contributed by atoms with E-state index in [1.807, 2.05) is 20.8 Å². The van der Waals surface area contributed by atoms with Crippen LogP contribution < -0.4 is 5.32 Å². The summed E-state index contributed by atoms with van der Waals surface area (Å²) in [4.78, 5) is 25.6. The van der Waals surface area contributed by atoms with Gasteiger partial charge in [0.25, 0.3) is 0 Å². The van der Waals surface area contributed by atoms with Gasteiger partial charge < -0.3 is 15.0 Å². The number of carbonyl (C=O) groups excluding carboxylic acids is 2. The predicted molar refractivity (Wildman–Crippen MR) is 80.8 cm³/mol. The van der Waals surface area contributed by atoms with E-state index in [0.717, 1.165) is 19.3 Å². The van der Waals surface area contributed by atoms with Gasteiger partial charge in [-0.1, -0.05) is 12.2 Å². The first-order valence-corrected chi connectivity index (χ1v) is 7.76. The number of ether oxygens (including phenoxy) is 1. The SMILES string of the molecule is CC(C)(C)OC(=O)N1CC[C@H](CNC(=O)C2CC=CC2)C1. The third kappa shape index (κ3) is 4.76. The Labute approximate surface area is 126 Å². The lowest BCUT2D eigenvalue weighted by Crippen LogP contribution is -2.37. The quantitative estimate of drug-likeness (QED) is 0.813. The molecule has 0 bridgehead atoms. The van der Waals surface area contributed by atoms with E-state index in [2.05, 4.69) is 17.5 Å². The average molecular weight is 294 g/mol. The maximum Gasteiger partial charge on any atom is 0.410 e. The first kappa shape index (κ1) is 15.9. The fraction of sp³-hybridized carbons (Fsp3) is 0.750. The van der Waals surface area contributed by atoms with E-state index in [0.29, 0.717) is 25.6 Å². The van der Waals surface area contributed by atoms with Gasteiger partial charge in [0.05, 0.1) is 0 Å². The minimum atomic E-state index is -0.459. The Morgan fingerprint density at radius 3 is 2.57 bits per heavy atom. The molecule has 1 fully saturated rings. The lowest BCUT2D eigenvalue weighted by Gasteiger charge is -2.24. The second kappa shape index (κ2) is 6.50. The Morgan fingerprint density at radius 1 is 1.29 bits per heavy atom. The molecule has 0 aromatic heterocycles. The number of nitrogens with one attached hydrogen (secondary N) is 1. The number of amides is 2. The van der Waals surface area contributed by atoms with E-state index in [-0.39, 0.29) is 17.9 Å². The molecule has 118 valence electrons. The van der Waals surface area contributed by atoms with E-state index in [9.17, 15) is 9.59 Å². The van der Waals surface area contributed by atoms with Crippen LogP contribution in [0.4, 0.5) is 4.79 Å². The molecule has 2 amide bonds. The molecule has 2 aliphatic rings. The van der Waals surface area contributed by atoms with Gasteiger partial charge in [-0.15, -0.1) is 0 Å². The van der Waals surface area contributed by atoms with E-state index in [4.69, 9.17) is 4.74 Å². The minimum absolute atomic E-state index is 0.105. The van der Waals surface area contributed by atoms with Gasteiger partial charge in [0, 0.05) is 25.6 Å². The van der Waals surface area contributed by atoms with Crippen LogP contribution in [0.25, 0.3) is 0 Å². The first-order chi connectivity index (χ1) is 9.85. The molecule has 1 heterocycles. The molecule has 1 N–H and O–H groups in total. The molecule has 1 atom stereocenters. The zero-order valence-electron chi connectivity index (χ0n) is 13.2. The van der Waals surface area contributed by atoms with Crippen LogP contribution in [0.1, 0.15) is 40.0 Å². The summed E-state index contributed by atoms with van der Waals surface area (Å²) in [6, 6.07) is 0. The second-order valence-electron chi connectivity index (χ2n) is 6.97. The molecule has 0 unspecified atom stereocenters. The maximum absolute atomic E-state index is 12.0. The lowest BCUT2D eigenvalue weighted by atomic mass is 10.1. The summed E-state index contributed by atoms with van der Waals surface area (Å²) in [5.74, 6) is 0.569. The molecule has 0 spiro atoms. The van der Waals surface area contributed by atoms with Gasteiger partial charge in [-0.25, -0.2) is 4.79 Å². The van der Waals surface area contributed by atoms with Crippen LogP contribution in [0, 0.1) is 11.8 Å². The van der Waals surface area contributed by atoms with Crippen molar-refractivity contribution in [2.45, 2.75) is 45.6 Å². The van der Waals surface area contributed by atoms with Crippen molar-refractivity contribution in [3.05, 3.63) is 12.2 Å². The van der Waals surface area contributed by atoms with Crippen molar-refractivity contribution in [1.29, 1.82) is 0 Å². The Bertz CT molecular complexity index is 418. The van der Waals surface area contributed by atoms with Crippen molar-refractivity contribution in [2.24, 2.45) is 11.8 Å². The molecular weight excluding hydrogens is 268 g/mol. The highest BCUT2D eigenvalue weighted by Gasteiger charge is 2.30. The van der Waals surface area contributed by atoms with Crippen molar-refractivity contribution in [3.63, 3.8) is 0 Å². The minimum Gasteiger partial charge on any atom is -0.444 e. The van der Waals surface area contributed by atoms with Gasteiger partial charge in [0.15, 0.2) is 0 Å². The first-order valence-electron chi connectivity index (χ1n) is 7.76. The molecule has 5 heteroatoms. The number of carbonyl (C=O) groups is 2. The van der Waals surface area contributed by atoms with Gasteiger partial charge in [0.2, 0.25) is 5.91 Å². The van der Waals surface area contributed by atoms with Crippen molar-refractivity contribution >= 4 is 12.0 Å². The van der Waals surface area contributed by atoms with Crippen LogP contribution in [0.15, 0.2) is 12.2 Å². The van der Waals surface area contributed by atoms with Crippen LogP contribution >= 0.6 is 0 Å². The second-order valence-corrected chi connectivity index (χ2v) is 6.97. The van der Waals surface area contributed by atoms with Gasteiger partial charge in [0.1, 0.15) is 5.60 Å². The summed E-state index contributed by atoms with van der Waals surface area (Å²) >= 11 is 0. The Balaban J connectivity index is 1.70. The highest BCUT2D eigenvalue weighted by atomic mass is 16.6. The van der Waals surface area contributed by atoms with E-state index in [1.165, 1.54) is 0 Å². The number of rotatable bonds is 3. The maximum atomic E-state index is 12.0. The molecule has 21 heavy (non-hydrogen) atoms. The third-order valence-corrected chi connectivity index (χ3v) is 3.88. The summed E-state index contributed by atoms with van der Waals surface area (Å²) in [6.07, 6.45) is 6.48. The van der Waals surface area contributed by atoms with Gasteiger partial charge >= 0.3 is 6.09 Å². The molecule has 0 aromatic rings. The Morgan fingerprint density at radius 2 is 1.95 bits per heavy atom. The largest absolute Gasteiger partial charge is 0.444 e. The van der Waals surface area contributed by atoms with Crippen LogP contribution in [0.2, 0.25) is 0 Å². The highest BCUT2D eigenvalue weighted by molar-refractivity contribution is 5.79. The molecule has 0 saturated carbocycles. The summed E-state index contributed by atoms with van der Waals surface area (Å²) in [5.41, 5.74) is -0.459. The lowest BCUT2D eigenvalue weighted by molar-refractivity contribution is -0.124. The van der Waals surface area contributed by atoms with E-state index < -0.39 is 5.60 Å². The zero-order chi connectivity index (χ0) is 15.5. The summed E-state index contributed by atoms with van der Waals surface area (Å²) in [7, 11) is 0. The van der Waals surface area contributed by atoms with Crippen molar-refractivity contribution in [2.75, 3.05) is 19.6 Å². The molecule has 1 aliphatic heterocycles. The van der Waals surface area contributed by atoms with E-state index >= 15 is 0 Å². The normalized spacial score (nSPS) is 22.6. The highest BCUT2D eigenvalue weighted by Crippen LogP contribution is 2.20.